The molecule has 1 aromatic heterocycles. The number of likely N-dealkylation sites (N-methyl/N-ethyl adjacent to an activating group) is 2. The number of carbonyl (C=O) groups is 1. The smallest absolute Gasteiger partial charge is 0.267 e. The van der Waals surface area contributed by atoms with Crippen LogP contribution in [0.5, 0.6) is 0 Å². The van der Waals surface area contributed by atoms with Crippen LogP contribution in [0, 0.1) is 0 Å². The lowest BCUT2D eigenvalue weighted by Gasteiger charge is -2.26. The Labute approximate surface area is 123 Å². The molecule has 112 valence electrons. The molecule has 1 aliphatic heterocycles. The summed E-state index contributed by atoms with van der Waals surface area (Å²) >= 11 is 1.39. The van der Waals surface area contributed by atoms with Crippen LogP contribution in [-0.2, 0) is 0 Å². The topological polar surface area (TPSA) is 86.5 Å². The minimum absolute atomic E-state index is 0.0587. The van der Waals surface area contributed by atoms with Crippen molar-refractivity contribution in [2.75, 3.05) is 64.0 Å². The first-order chi connectivity index (χ1) is 9.63. The molecule has 2 heterocycles. The Morgan fingerprint density at radius 1 is 1.55 bits per heavy atom. The standard InChI is InChI=1S/C12H22N6OS/c1-14-3-6-17(2)11(19)9-10(13)16-12(20-9)18-7-4-15-5-8-18/h14-15H,3-8,13H2,1-2H3. The van der Waals surface area contributed by atoms with Gasteiger partial charge in [-0.2, -0.15) is 0 Å². The van der Waals surface area contributed by atoms with Crippen molar-refractivity contribution in [2.24, 2.45) is 0 Å². The minimum atomic E-state index is -0.0587. The first-order valence-corrected chi connectivity index (χ1v) is 7.57. The lowest BCUT2D eigenvalue weighted by molar-refractivity contribution is 0.0802. The van der Waals surface area contributed by atoms with Crippen molar-refractivity contribution in [1.29, 1.82) is 0 Å². The van der Waals surface area contributed by atoms with Gasteiger partial charge in [0.25, 0.3) is 5.91 Å². The summed E-state index contributed by atoms with van der Waals surface area (Å²) in [5.74, 6) is 0.279. The predicted octanol–water partition coefficient (Wildman–Crippen LogP) is -0.574. The van der Waals surface area contributed by atoms with E-state index in [1.165, 1.54) is 11.3 Å². The number of aromatic nitrogens is 1. The van der Waals surface area contributed by atoms with Crippen molar-refractivity contribution in [2.45, 2.75) is 0 Å². The second-order valence-corrected chi connectivity index (χ2v) is 5.76. The van der Waals surface area contributed by atoms with Crippen molar-refractivity contribution in [3.05, 3.63) is 4.88 Å². The average molecular weight is 298 g/mol. The fourth-order valence-electron chi connectivity index (χ4n) is 2.02. The molecule has 0 bridgehead atoms. The zero-order valence-corrected chi connectivity index (χ0v) is 12.8. The van der Waals surface area contributed by atoms with Crippen LogP contribution in [0.4, 0.5) is 10.9 Å². The zero-order chi connectivity index (χ0) is 14.5. The van der Waals surface area contributed by atoms with Crippen LogP contribution < -0.4 is 21.3 Å². The molecule has 0 aromatic carbocycles. The van der Waals surface area contributed by atoms with Crippen LogP contribution in [0.3, 0.4) is 0 Å². The molecule has 2 rings (SSSR count). The van der Waals surface area contributed by atoms with E-state index >= 15 is 0 Å². The fourth-order valence-corrected chi connectivity index (χ4v) is 3.05. The van der Waals surface area contributed by atoms with E-state index in [0.29, 0.717) is 17.2 Å². The molecule has 0 aliphatic carbocycles. The SMILES string of the molecule is CNCCN(C)C(=O)c1sc(N2CCNCC2)nc1N. The quantitative estimate of drug-likeness (QED) is 0.675. The number of amides is 1. The van der Waals surface area contributed by atoms with Crippen molar-refractivity contribution >= 4 is 28.2 Å². The largest absolute Gasteiger partial charge is 0.382 e. The van der Waals surface area contributed by atoms with E-state index in [2.05, 4.69) is 20.5 Å². The number of nitrogens with two attached hydrogens (primary N) is 1. The fraction of sp³-hybridized carbons (Fsp3) is 0.667. The lowest BCUT2D eigenvalue weighted by atomic mass is 10.4. The maximum absolute atomic E-state index is 12.3. The molecule has 0 atom stereocenters. The molecule has 20 heavy (non-hydrogen) atoms. The van der Waals surface area contributed by atoms with E-state index in [1.807, 2.05) is 7.05 Å². The number of hydrogen-bond acceptors (Lipinski definition) is 7. The molecule has 1 saturated heterocycles. The highest BCUT2D eigenvalue weighted by Crippen LogP contribution is 2.29. The minimum Gasteiger partial charge on any atom is -0.382 e. The van der Waals surface area contributed by atoms with Crippen molar-refractivity contribution in [3.8, 4) is 0 Å². The molecule has 0 unspecified atom stereocenters. The van der Waals surface area contributed by atoms with Crippen LogP contribution in [0.1, 0.15) is 9.67 Å². The first kappa shape index (κ1) is 15.0. The van der Waals surface area contributed by atoms with Gasteiger partial charge in [0.15, 0.2) is 5.13 Å². The summed E-state index contributed by atoms with van der Waals surface area (Å²) in [7, 11) is 3.64. The number of nitrogens with zero attached hydrogens (tertiary/aromatic N) is 3. The van der Waals surface area contributed by atoms with Crippen LogP contribution in [0.25, 0.3) is 0 Å². The van der Waals surface area contributed by atoms with Gasteiger partial charge in [0.05, 0.1) is 0 Å². The number of hydrogen-bond donors (Lipinski definition) is 3. The van der Waals surface area contributed by atoms with Crippen molar-refractivity contribution in [1.82, 2.24) is 20.5 Å². The number of rotatable bonds is 5. The van der Waals surface area contributed by atoms with E-state index < -0.39 is 0 Å². The van der Waals surface area contributed by atoms with Gasteiger partial charge in [-0.15, -0.1) is 0 Å². The molecule has 0 spiro atoms. The summed E-state index contributed by atoms with van der Waals surface area (Å²) in [5, 5.41) is 7.16. The Balaban J connectivity index is 2.08. The summed E-state index contributed by atoms with van der Waals surface area (Å²) in [6, 6.07) is 0. The summed E-state index contributed by atoms with van der Waals surface area (Å²) in [6.45, 7) is 5.07. The number of thiazole rings is 1. The predicted molar refractivity (Wildman–Crippen MR) is 82.5 cm³/mol. The second kappa shape index (κ2) is 6.87. The highest BCUT2D eigenvalue weighted by atomic mass is 32.1. The van der Waals surface area contributed by atoms with Gasteiger partial charge in [0.1, 0.15) is 10.7 Å². The van der Waals surface area contributed by atoms with Gasteiger partial charge in [-0.05, 0) is 7.05 Å². The maximum Gasteiger partial charge on any atom is 0.267 e. The summed E-state index contributed by atoms with van der Waals surface area (Å²) in [6.07, 6.45) is 0. The monoisotopic (exact) mass is 298 g/mol. The van der Waals surface area contributed by atoms with E-state index in [0.717, 1.165) is 37.9 Å². The number of piperazine rings is 1. The molecular weight excluding hydrogens is 276 g/mol. The highest BCUT2D eigenvalue weighted by Gasteiger charge is 2.22. The molecule has 1 aromatic rings. The van der Waals surface area contributed by atoms with Crippen molar-refractivity contribution in [3.63, 3.8) is 0 Å². The Bertz CT molecular complexity index is 457. The van der Waals surface area contributed by atoms with Gasteiger partial charge in [0.2, 0.25) is 0 Å². The molecule has 4 N–H and O–H groups in total. The van der Waals surface area contributed by atoms with Gasteiger partial charge in [-0.3, -0.25) is 4.79 Å². The number of carbonyl (C=O) groups excluding carboxylic acids is 1. The Kier molecular flexibility index (Phi) is 5.16. The first-order valence-electron chi connectivity index (χ1n) is 6.75. The van der Waals surface area contributed by atoms with Gasteiger partial charge in [-0.25, -0.2) is 4.98 Å². The normalized spacial score (nSPS) is 15.4. The van der Waals surface area contributed by atoms with Gasteiger partial charge in [-0.1, -0.05) is 11.3 Å². The van der Waals surface area contributed by atoms with Crippen LogP contribution in [0.15, 0.2) is 0 Å². The number of nitrogens with one attached hydrogen (secondary N) is 2. The molecule has 1 aliphatic rings. The maximum atomic E-state index is 12.3. The van der Waals surface area contributed by atoms with Gasteiger partial charge >= 0.3 is 0 Å². The van der Waals surface area contributed by atoms with E-state index in [1.54, 1.807) is 11.9 Å². The third kappa shape index (κ3) is 3.38. The van der Waals surface area contributed by atoms with Crippen LogP contribution in [-0.4, -0.2) is 69.2 Å². The summed E-state index contributed by atoms with van der Waals surface area (Å²) < 4.78 is 0. The molecule has 1 amide bonds. The Morgan fingerprint density at radius 2 is 2.25 bits per heavy atom. The molecule has 0 saturated carbocycles. The second-order valence-electron chi connectivity index (χ2n) is 4.78. The number of nitrogen functional groups attached to an aromatic ring is 1. The van der Waals surface area contributed by atoms with Crippen molar-refractivity contribution < 1.29 is 4.79 Å². The molecule has 8 heteroatoms. The average Bonchev–Trinajstić information content (AvgIpc) is 2.87. The Hall–Kier alpha value is -1.38. The molecule has 0 radical (unpaired) electrons. The molecular formula is C12H22N6OS. The number of anilines is 2. The van der Waals surface area contributed by atoms with Gasteiger partial charge in [0, 0.05) is 46.3 Å². The van der Waals surface area contributed by atoms with Crippen LogP contribution >= 0.6 is 11.3 Å². The molecule has 1 fully saturated rings. The lowest BCUT2D eigenvalue weighted by Crippen LogP contribution is -2.43. The van der Waals surface area contributed by atoms with Gasteiger partial charge < -0.3 is 26.2 Å². The Morgan fingerprint density at radius 3 is 2.90 bits per heavy atom. The third-order valence-corrected chi connectivity index (χ3v) is 4.39. The molecule has 7 nitrogen and oxygen atoms in total. The highest BCUT2D eigenvalue weighted by molar-refractivity contribution is 7.18. The van der Waals surface area contributed by atoms with E-state index in [4.69, 9.17) is 5.73 Å². The summed E-state index contributed by atoms with van der Waals surface area (Å²) in [4.78, 5) is 21.1. The summed E-state index contributed by atoms with van der Waals surface area (Å²) in [5.41, 5.74) is 5.91. The zero-order valence-electron chi connectivity index (χ0n) is 12.0. The van der Waals surface area contributed by atoms with E-state index in [9.17, 15) is 4.79 Å². The van der Waals surface area contributed by atoms with Crippen LogP contribution in [0.2, 0.25) is 0 Å². The third-order valence-electron chi connectivity index (χ3n) is 3.27. The van der Waals surface area contributed by atoms with E-state index in [-0.39, 0.29) is 5.91 Å².